The van der Waals surface area contributed by atoms with Gasteiger partial charge in [0, 0.05) is 13.0 Å². The van der Waals surface area contributed by atoms with Gasteiger partial charge in [0.05, 0.1) is 12.9 Å². The largest absolute Gasteiger partial charge is 0.394 e. The van der Waals surface area contributed by atoms with Gasteiger partial charge in [0.25, 0.3) is 0 Å². The zero-order valence-electron chi connectivity index (χ0n) is 13.7. The molecule has 2 aromatic rings. The molecule has 1 aliphatic heterocycles. The quantitative estimate of drug-likeness (QED) is 0.355. The van der Waals surface area contributed by atoms with Gasteiger partial charge in [-0.2, -0.15) is 0 Å². The van der Waals surface area contributed by atoms with Gasteiger partial charge in [-0.3, -0.25) is 9.36 Å². The Hall–Kier alpha value is -2.05. The van der Waals surface area contributed by atoms with E-state index in [1.54, 1.807) is 0 Å². The fourth-order valence-corrected chi connectivity index (χ4v) is 2.75. The first-order valence-corrected chi connectivity index (χ1v) is 7.85. The van der Waals surface area contributed by atoms with Gasteiger partial charge < -0.3 is 31.1 Å². The lowest BCUT2D eigenvalue weighted by atomic mass is 10.1. The average molecular weight is 389 g/mol. The number of imidazole rings is 1. The summed E-state index contributed by atoms with van der Waals surface area (Å²) in [5.74, 6) is 0.100. The number of hydrogen-bond donors (Lipinski definition) is 5. The van der Waals surface area contributed by atoms with Crippen LogP contribution in [0.1, 0.15) is 19.1 Å². The molecule has 0 spiro atoms. The second-order valence-electron chi connectivity index (χ2n) is 5.77. The van der Waals surface area contributed by atoms with Crippen molar-refractivity contribution in [2.75, 3.05) is 18.5 Å². The van der Waals surface area contributed by atoms with Crippen LogP contribution in [0, 0.1) is 0 Å². The molecule has 0 aromatic carbocycles. The molecule has 12 heteroatoms. The third kappa shape index (κ3) is 3.86. The molecule has 26 heavy (non-hydrogen) atoms. The van der Waals surface area contributed by atoms with E-state index in [1.165, 1.54) is 17.2 Å². The number of nitrogens with one attached hydrogen (secondary N) is 1. The van der Waals surface area contributed by atoms with Gasteiger partial charge in [-0.1, -0.05) is 0 Å². The monoisotopic (exact) mass is 388 g/mol. The Kier molecular flexibility index (Phi) is 6.67. The van der Waals surface area contributed by atoms with Crippen molar-refractivity contribution in [1.82, 2.24) is 19.5 Å². The molecule has 1 fully saturated rings. The van der Waals surface area contributed by atoms with Crippen LogP contribution in [0.2, 0.25) is 0 Å². The van der Waals surface area contributed by atoms with Crippen LogP contribution in [-0.2, 0) is 9.53 Å². The van der Waals surface area contributed by atoms with Crippen LogP contribution < -0.4 is 11.1 Å². The summed E-state index contributed by atoms with van der Waals surface area (Å²) in [5.41, 5.74) is 5.96. The molecule has 0 radical (unpaired) electrons. The number of hydrogen-bond acceptors (Lipinski definition) is 9. The highest BCUT2D eigenvalue weighted by Gasteiger charge is 2.44. The highest BCUT2D eigenvalue weighted by molar-refractivity contribution is 5.85. The topological polar surface area (TPSA) is 169 Å². The molecule has 1 saturated heterocycles. The number of carbonyl (C=O) groups is 1. The van der Waals surface area contributed by atoms with Gasteiger partial charge in [-0.05, 0) is 6.42 Å². The molecule has 11 nitrogen and oxygen atoms in total. The van der Waals surface area contributed by atoms with Crippen molar-refractivity contribution in [2.45, 2.75) is 37.4 Å². The number of aromatic nitrogens is 4. The molecular weight excluding hydrogens is 368 g/mol. The van der Waals surface area contributed by atoms with E-state index < -0.39 is 31.1 Å². The van der Waals surface area contributed by atoms with Crippen molar-refractivity contribution >= 4 is 35.3 Å². The molecule has 6 N–H and O–H groups in total. The number of aliphatic hydroxyl groups excluding tert-OH is 3. The fraction of sp³-hybridized carbons (Fsp3) is 0.571. The minimum atomic E-state index is -1.23. The van der Waals surface area contributed by atoms with Gasteiger partial charge in [0.1, 0.15) is 24.6 Å². The summed E-state index contributed by atoms with van der Waals surface area (Å²) < 4.78 is 6.97. The number of ether oxygens (including phenoxy) is 1. The van der Waals surface area contributed by atoms with E-state index in [2.05, 4.69) is 20.3 Å². The lowest BCUT2D eigenvalue weighted by Gasteiger charge is -2.16. The Morgan fingerprint density at radius 1 is 1.31 bits per heavy atom. The molecule has 1 aliphatic rings. The molecule has 2 aromatic heterocycles. The Morgan fingerprint density at radius 2 is 2.08 bits per heavy atom. The molecule has 3 heterocycles. The number of primary amides is 1. The van der Waals surface area contributed by atoms with Gasteiger partial charge in [0.15, 0.2) is 23.2 Å². The smallest absolute Gasteiger partial charge is 0.217 e. The predicted octanol–water partition coefficient (Wildman–Crippen LogP) is -1.46. The third-order valence-corrected chi connectivity index (χ3v) is 4.04. The maximum atomic E-state index is 10.8. The second-order valence-corrected chi connectivity index (χ2v) is 5.77. The Balaban J connectivity index is 0.00000243. The summed E-state index contributed by atoms with van der Waals surface area (Å²) in [6.45, 7) is 0.0682. The highest BCUT2D eigenvalue weighted by atomic mass is 35.5. The number of nitrogens with zero attached hydrogens (tertiary/aromatic N) is 4. The van der Waals surface area contributed by atoms with Gasteiger partial charge >= 0.3 is 0 Å². The molecule has 0 unspecified atom stereocenters. The van der Waals surface area contributed by atoms with Crippen molar-refractivity contribution < 1.29 is 24.9 Å². The molecule has 0 saturated carbocycles. The number of fused-ring (bicyclic) bond motifs is 1. The van der Waals surface area contributed by atoms with E-state index in [4.69, 9.17) is 10.5 Å². The Bertz CT molecular complexity index is 759. The molecular formula is C14H21ClN6O5. The second kappa shape index (κ2) is 8.56. The number of nitrogens with two attached hydrogens (primary N) is 1. The number of amides is 1. The summed E-state index contributed by atoms with van der Waals surface area (Å²) in [7, 11) is 0. The van der Waals surface area contributed by atoms with E-state index in [1.807, 2.05) is 0 Å². The maximum absolute atomic E-state index is 10.8. The summed E-state index contributed by atoms with van der Waals surface area (Å²) in [4.78, 5) is 23.3. The number of aliphatic hydroxyl groups is 3. The van der Waals surface area contributed by atoms with Crippen LogP contribution in [0.3, 0.4) is 0 Å². The maximum Gasteiger partial charge on any atom is 0.217 e. The van der Waals surface area contributed by atoms with Crippen LogP contribution in [0.4, 0.5) is 5.82 Å². The van der Waals surface area contributed by atoms with E-state index >= 15 is 0 Å². The zero-order chi connectivity index (χ0) is 18.0. The van der Waals surface area contributed by atoms with Crippen LogP contribution in [0.5, 0.6) is 0 Å². The first-order valence-electron chi connectivity index (χ1n) is 7.85. The van der Waals surface area contributed by atoms with Crippen LogP contribution in [0.15, 0.2) is 12.7 Å². The average Bonchev–Trinajstić information content (AvgIpc) is 3.14. The molecule has 0 bridgehead atoms. The van der Waals surface area contributed by atoms with Crippen LogP contribution >= 0.6 is 12.4 Å². The van der Waals surface area contributed by atoms with Crippen molar-refractivity contribution in [3.63, 3.8) is 0 Å². The van der Waals surface area contributed by atoms with Gasteiger partial charge in [-0.15, -0.1) is 12.4 Å². The molecule has 0 aliphatic carbocycles. The third-order valence-electron chi connectivity index (χ3n) is 4.04. The minimum absolute atomic E-state index is 0. The fourth-order valence-electron chi connectivity index (χ4n) is 2.75. The minimum Gasteiger partial charge on any atom is -0.394 e. The van der Waals surface area contributed by atoms with Crippen LogP contribution in [-0.4, -0.2) is 72.2 Å². The predicted molar refractivity (Wildman–Crippen MR) is 92.5 cm³/mol. The molecule has 3 rings (SSSR count). The Morgan fingerprint density at radius 3 is 2.73 bits per heavy atom. The summed E-state index contributed by atoms with van der Waals surface area (Å²) in [6, 6.07) is 0. The molecule has 4 atom stereocenters. The summed E-state index contributed by atoms with van der Waals surface area (Å²) in [5, 5.41) is 32.3. The zero-order valence-corrected chi connectivity index (χ0v) is 14.5. The lowest BCUT2D eigenvalue weighted by molar-refractivity contribution is -0.118. The summed E-state index contributed by atoms with van der Waals surface area (Å²) >= 11 is 0. The number of anilines is 1. The molecule has 144 valence electrons. The van der Waals surface area contributed by atoms with Crippen LogP contribution in [0.25, 0.3) is 11.2 Å². The van der Waals surface area contributed by atoms with E-state index in [0.717, 1.165) is 0 Å². The number of carbonyl (C=O) groups excluding carboxylic acids is 1. The van der Waals surface area contributed by atoms with E-state index in [-0.39, 0.29) is 24.7 Å². The van der Waals surface area contributed by atoms with Crippen molar-refractivity contribution in [1.29, 1.82) is 0 Å². The highest BCUT2D eigenvalue weighted by Crippen LogP contribution is 2.31. The summed E-state index contributed by atoms with van der Waals surface area (Å²) in [6.07, 6.45) is -0.668. The standard InChI is InChI=1S/C14H20N6O5.ClH/c15-8(22)2-1-3-16-12-9-13(18-5-17-12)20(6-19-9)14-11(24)10(23)7(4-21)25-14;/h5-7,10-11,14,21,23-24H,1-4H2,(H2,15,22)(H,16,17,18);1H/t7-,10-,11-,14-;/m1./s1. The van der Waals surface area contributed by atoms with E-state index in [0.29, 0.717) is 29.9 Å². The van der Waals surface area contributed by atoms with Crippen molar-refractivity contribution in [3.05, 3.63) is 12.7 Å². The first-order chi connectivity index (χ1) is 12.0. The normalized spacial score (nSPS) is 25.2. The first kappa shape index (κ1) is 20.3. The Labute approximate surface area is 154 Å². The number of rotatable bonds is 7. The van der Waals surface area contributed by atoms with Crippen molar-refractivity contribution in [2.24, 2.45) is 5.73 Å². The lowest BCUT2D eigenvalue weighted by Crippen LogP contribution is -2.33. The van der Waals surface area contributed by atoms with Gasteiger partial charge in [-0.25, -0.2) is 15.0 Å². The number of halogens is 1. The SMILES string of the molecule is Cl.NC(=O)CCCNc1ncnc2c1ncn2[C@@H]1O[C@H](CO)[C@@H](O)[C@H]1O. The van der Waals surface area contributed by atoms with Crippen molar-refractivity contribution in [3.8, 4) is 0 Å². The van der Waals surface area contributed by atoms with Gasteiger partial charge in [0.2, 0.25) is 5.91 Å². The molecule has 1 amide bonds. The van der Waals surface area contributed by atoms with E-state index in [9.17, 15) is 20.1 Å².